The number of nitrogens with one attached hydrogen (secondary N) is 2. The molecule has 4 N–H and O–H groups in total. The number of piperidine rings is 1. The fraction of sp³-hybridized carbons (Fsp3) is 0.409. The fourth-order valence-electron chi connectivity index (χ4n) is 3.64. The van der Waals surface area contributed by atoms with Crippen molar-refractivity contribution in [1.82, 2.24) is 15.6 Å². The molecular formula is C22H30N6O. The molecule has 1 aliphatic heterocycles. The van der Waals surface area contributed by atoms with Crippen molar-refractivity contribution in [1.29, 1.82) is 0 Å². The van der Waals surface area contributed by atoms with Crippen molar-refractivity contribution in [2.75, 3.05) is 25.0 Å². The van der Waals surface area contributed by atoms with Gasteiger partial charge < -0.3 is 21.3 Å². The Labute approximate surface area is 172 Å². The lowest BCUT2D eigenvalue weighted by Crippen LogP contribution is -2.40. The van der Waals surface area contributed by atoms with Gasteiger partial charge in [0, 0.05) is 50.9 Å². The van der Waals surface area contributed by atoms with E-state index in [9.17, 15) is 4.79 Å². The van der Waals surface area contributed by atoms with Gasteiger partial charge in [-0.15, -0.1) is 0 Å². The molecule has 1 saturated heterocycles. The van der Waals surface area contributed by atoms with E-state index < -0.39 is 0 Å². The van der Waals surface area contributed by atoms with Crippen molar-refractivity contribution < 1.29 is 4.79 Å². The lowest BCUT2D eigenvalue weighted by atomic mass is 9.96. The van der Waals surface area contributed by atoms with Crippen LogP contribution >= 0.6 is 0 Å². The molecule has 1 aromatic carbocycles. The van der Waals surface area contributed by atoms with E-state index in [2.05, 4.69) is 62.8 Å². The first-order valence-electron chi connectivity index (χ1n) is 10.0. The van der Waals surface area contributed by atoms with Gasteiger partial charge in [0.25, 0.3) is 0 Å². The van der Waals surface area contributed by atoms with Gasteiger partial charge in [-0.05, 0) is 31.4 Å². The Balaban J connectivity index is 1.58. The van der Waals surface area contributed by atoms with Gasteiger partial charge in [0.1, 0.15) is 5.82 Å². The third-order valence-corrected chi connectivity index (χ3v) is 5.28. The summed E-state index contributed by atoms with van der Waals surface area (Å²) in [6, 6.07) is 12.4. The molecule has 0 aliphatic carbocycles. The second-order valence-corrected chi connectivity index (χ2v) is 7.42. The Morgan fingerprint density at radius 1 is 1.21 bits per heavy atom. The molecule has 0 spiro atoms. The summed E-state index contributed by atoms with van der Waals surface area (Å²) in [4.78, 5) is 22.6. The molecule has 1 fully saturated rings. The summed E-state index contributed by atoms with van der Waals surface area (Å²) in [6.45, 7) is 5.00. The fourth-order valence-corrected chi connectivity index (χ4v) is 3.64. The molecule has 0 atom stereocenters. The van der Waals surface area contributed by atoms with Crippen LogP contribution in [0.3, 0.4) is 0 Å². The van der Waals surface area contributed by atoms with Crippen LogP contribution < -0.4 is 21.3 Å². The second kappa shape index (κ2) is 9.91. The first-order valence-corrected chi connectivity index (χ1v) is 10.0. The highest BCUT2D eigenvalue weighted by atomic mass is 16.1. The minimum atomic E-state index is -0.198. The van der Waals surface area contributed by atoms with Crippen molar-refractivity contribution in [3.63, 3.8) is 0 Å². The zero-order valence-electron chi connectivity index (χ0n) is 17.2. The first-order chi connectivity index (χ1) is 14.1. The number of nitrogens with zero attached hydrogens (tertiary/aromatic N) is 3. The number of aromatic nitrogens is 1. The van der Waals surface area contributed by atoms with Gasteiger partial charge >= 0.3 is 0 Å². The highest BCUT2D eigenvalue weighted by molar-refractivity contribution is 5.79. The van der Waals surface area contributed by atoms with Gasteiger partial charge in [-0.25, -0.2) is 4.98 Å². The molecule has 0 radical (unpaired) electrons. The number of carbonyl (C=O) groups excluding carboxylic acids is 1. The maximum atomic E-state index is 11.4. The van der Waals surface area contributed by atoms with Crippen molar-refractivity contribution in [2.24, 2.45) is 16.6 Å². The SMILES string of the molecule is CN=C(NCc1cccc(C)c1)NCc1cccnc1N1CCC(C(N)=O)CC1. The standard InChI is InChI=1S/C22H30N6O/c1-16-5-3-6-17(13-16)14-26-22(24-2)27-15-19-7-4-10-25-21(19)28-11-8-18(9-12-28)20(23)29/h3-7,10,13,18H,8-9,11-12,14-15H2,1-2H3,(H2,23,29)(H2,24,26,27). The molecule has 0 unspecified atom stereocenters. The lowest BCUT2D eigenvalue weighted by molar-refractivity contribution is -0.122. The average molecular weight is 395 g/mol. The van der Waals surface area contributed by atoms with Gasteiger partial charge in [-0.3, -0.25) is 9.79 Å². The van der Waals surface area contributed by atoms with Crippen LogP contribution in [-0.2, 0) is 17.9 Å². The number of rotatable bonds is 6. The highest BCUT2D eigenvalue weighted by Crippen LogP contribution is 2.24. The number of hydrogen-bond acceptors (Lipinski definition) is 4. The molecule has 154 valence electrons. The predicted molar refractivity (Wildman–Crippen MR) is 117 cm³/mol. The number of anilines is 1. The quantitative estimate of drug-likeness (QED) is 0.514. The summed E-state index contributed by atoms with van der Waals surface area (Å²) in [5, 5.41) is 6.73. The number of guanidine groups is 1. The summed E-state index contributed by atoms with van der Waals surface area (Å²) >= 11 is 0. The molecule has 1 aliphatic rings. The van der Waals surface area contributed by atoms with Crippen LogP contribution in [0.5, 0.6) is 0 Å². The molecule has 3 rings (SSSR count). The van der Waals surface area contributed by atoms with Crippen LogP contribution in [0.2, 0.25) is 0 Å². The van der Waals surface area contributed by atoms with Crippen LogP contribution in [0.1, 0.15) is 29.5 Å². The molecule has 0 bridgehead atoms. The molecule has 0 saturated carbocycles. The predicted octanol–water partition coefficient (Wildman–Crippen LogP) is 1.96. The van der Waals surface area contributed by atoms with Crippen molar-refractivity contribution in [3.05, 3.63) is 59.3 Å². The number of carbonyl (C=O) groups is 1. The molecule has 1 aromatic heterocycles. The van der Waals surface area contributed by atoms with E-state index in [1.165, 1.54) is 11.1 Å². The lowest BCUT2D eigenvalue weighted by Gasteiger charge is -2.32. The Kier molecular flexibility index (Phi) is 7.05. The first kappa shape index (κ1) is 20.6. The maximum Gasteiger partial charge on any atom is 0.220 e. The Bertz CT molecular complexity index is 858. The van der Waals surface area contributed by atoms with Gasteiger partial charge in [0.05, 0.1) is 0 Å². The van der Waals surface area contributed by atoms with E-state index in [1.54, 1.807) is 7.05 Å². The summed E-state index contributed by atoms with van der Waals surface area (Å²) in [5.41, 5.74) is 9.01. The largest absolute Gasteiger partial charge is 0.369 e. The van der Waals surface area contributed by atoms with Crippen LogP contribution in [0.25, 0.3) is 0 Å². The normalized spacial score (nSPS) is 15.2. The van der Waals surface area contributed by atoms with Gasteiger partial charge in [-0.1, -0.05) is 35.9 Å². The number of aryl methyl sites for hydroxylation is 1. The number of benzene rings is 1. The topological polar surface area (TPSA) is 95.6 Å². The van der Waals surface area contributed by atoms with Crippen LogP contribution in [0.15, 0.2) is 47.6 Å². The average Bonchev–Trinajstić information content (AvgIpc) is 2.74. The number of aliphatic imine (C=N–C) groups is 1. The van der Waals surface area contributed by atoms with Crippen molar-refractivity contribution >= 4 is 17.7 Å². The minimum Gasteiger partial charge on any atom is -0.369 e. The van der Waals surface area contributed by atoms with Crippen LogP contribution in [-0.4, -0.2) is 37.0 Å². The van der Waals surface area contributed by atoms with E-state index >= 15 is 0 Å². The monoisotopic (exact) mass is 394 g/mol. The minimum absolute atomic E-state index is 0.0267. The summed E-state index contributed by atoms with van der Waals surface area (Å²) in [6.07, 6.45) is 3.36. The molecule has 7 nitrogen and oxygen atoms in total. The number of pyridine rings is 1. The molecule has 1 amide bonds. The van der Waals surface area contributed by atoms with E-state index in [0.717, 1.165) is 43.3 Å². The highest BCUT2D eigenvalue weighted by Gasteiger charge is 2.24. The Morgan fingerprint density at radius 3 is 2.66 bits per heavy atom. The number of hydrogen-bond donors (Lipinski definition) is 3. The number of amides is 1. The van der Waals surface area contributed by atoms with E-state index in [1.807, 2.05) is 12.3 Å². The van der Waals surface area contributed by atoms with E-state index in [4.69, 9.17) is 5.73 Å². The summed E-state index contributed by atoms with van der Waals surface area (Å²) in [7, 11) is 1.77. The third kappa shape index (κ3) is 5.70. The third-order valence-electron chi connectivity index (χ3n) is 5.28. The second-order valence-electron chi connectivity index (χ2n) is 7.42. The summed E-state index contributed by atoms with van der Waals surface area (Å²) < 4.78 is 0. The molecule has 2 aromatic rings. The van der Waals surface area contributed by atoms with Gasteiger partial charge in [-0.2, -0.15) is 0 Å². The smallest absolute Gasteiger partial charge is 0.220 e. The van der Waals surface area contributed by atoms with Crippen molar-refractivity contribution in [2.45, 2.75) is 32.9 Å². The van der Waals surface area contributed by atoms with Crippen molar-refractivity contribution in [3.8, 4) is 0 Å². The summed E-state index contributed by atoms with van der Waals surface area (Å²) in [5.74, 6) is 1.48. The van der Waals surface area contributed by atoms with Crippen LogP contribution in [0.4, 0.5) is 5.82 Å². The number of nitrogens with two attached hydrogens (primary N) is 1. The van der Waals surface area contributed by atoms with Gasteiger partial charge in [0.2, 0.25) is 5.91 Å². The Hall–Kier alpha value is -3.09. The number of primary amides is 1. The molecule has 29 heavy (non-hydrogen) atoms. The van der Waals surface area contributed by atoms with Crippen LogP contribution in [0, 0.1) is 12.8 Å². The molecular weight excluding hydrogens is 364 g/mol. The van der Waals surface area contributed by atoms with Gasteiger partial charge in [0.15, 0.2) is 5.96 Å². The molecule has 2 heterocycles. The van der Waals surface area contributed by atoms with E-state index in [0.29, 0.717) is 13.1 Å². The Morgan fingerprint density at radius 2 is 1.97 bits per heavy atom. The molecule has 7 heteroatoms. The zero-order chi connectivity index (χ0) is 20.6. The van der Waals surface area contributed by atoms with E-state index in [-0.39, 0.29) is 11.8 Å². The maximum absolute atomic E-state index is 11.4. The zero-order valence-corrected chi connectivity index (χ0v) is 17.2.